The van der Waals surface area contributed by atoms with Crippen LogP contribution in [0.1, 0.15) is 46.1 Å². The van der Waals surface area contributed by atoms with Crippen LogP contribution in [0.2, 0.25) is 0 Å². The van der Waals surface area contributed by atoms with E-state index in [9.17, 15) is 18.0 Å². The van der Waals surface area contributed by atoms with Crippen LogP contribution in [0.25, 0.3) is 0 Å². The largest absolute Gasteiger partial charge is 0.427 e. The Balaban J connectivity index is 1.96. The van der Waals surface area contributed by atoms with Gasteiger partial charge in [-0.05, 0) is 24.4 Å². The molecular formula is C13H15F3N2O2S. The first-order valence-electron chi connectivity index (χ1n) is 6.92. The van der Waals surface area contributed by atoms with Gasteiger partial charge in [-0.2, -0.15) is 17.5 Å². The van der Waals surface area contributed by atoms with Gasteiger partial charge in [-0.25, -0.2) is 0 Å². The van der Waals surface area contributed by atoms with E-state index in [1.165, 1.54) is 4.90 Å². The highest BCUT2D eigenvalue weighted by Crippen LogP contribution is 2.44. The smallest absolute Gasteiger partial charge is 0.378 e. The highest BCUT2D eigenvalue weighted by molar-refractivity contribution is 7.06. The number of morpholine rings is 1. The number of halogens is 3. The zero-order valence-electron chi connectivity index (χ0n) is 11.3. The lowest BCUT2D eigenvalue weighted by molar-refractivity contribution is -0.134. The molecule has 116 valence electrons. The SMILES string of the molecule is O=C(c1c(C2CCC2)nsc1C(F)(F)F)N1CCOCC1. The molecule has 1 amide bonds. The number of carbonyl (C=O) groups is 1. The monoisotopic (exact) mass is 320 g/mol. The Bertz CT molecular complexity index is 534. The molecule has 1 saturated carbocycles. The fourth-order valence-electron chi connectivity index (χ4n) is 2.59. The molecular weight excluding hydrogens is 305 g/mol. The number of aromatic nitrogens is 1. The molecule has 1 aliphatic heterocycles. The van der Waals surface area contributed by atoms with Crippen molar-refractivity contribution < 1.29 is 22.7 Å². The predicted octanol–water partition coefficient (Wildman–Crippen LogP) is 2.90. The zero-order valence-corrected chi connectivity index (χ0v) is 12.1. The fourth-order valence-corrected chi connectivity index (χ4v) is 3.40. The molecule has 4 nitrogen and oxygen atoms in total. The predicted molar refractivity (Wildman–Crippen MR) is 70.4 cm³/mol. The Labute approximate surface area is 124 Å². The van der Waals surface area contributed by atoms with Gasteiger partial charge >= 0.3 is 6.18 Å². The van der Waals surface area contributed by atoms with Gasteiger partial charge < -0.3 is 9.64 Å². The summed E-state index contributed by atoms with van der Waals surface area (Å²) in [6.45, 7) is 1.39. The summed E-state index contributed by atoms with van der Waals surface area (Å²) >= 11 is 0.399. The lowest BCUT2D eigenvalue weighted by Gasteiger charge is -2.29. The van der Waals surface area contributed by atoms with Crippen molar-refractivity contribution in [3.63, 3.8) is 0 Å². The van der Waals surface area contributed by atoms with Crippen LogP contribution in [-0.2, 0) is 10.9 Å². The topological polar surface area (TPSA) is 42.4 Å². The van der Waals surface area contributed by atoms with Gasteiger partial charge in [0.15, 0.2) is 0 Å². The average molecular weight is 320 g/mol. The van der Waals surface area contributed by atoms with Crippen molar-refractivity contribution >= 4 is 17.4 Å². The van der Waals surface area contributed by atoms with E-state index in [4.69, 9.17) is 4.74 Å². The molecule has 1 aromatic heterocycles. The van der Waals surface area contributed by atoms with Crippen molar-refractivity contribution in [3.05, 3.63) is 16.1 Å². The number of hydrogen-bond donors (Lipinski definition) is 0. The molecule has 1 saturated heterocycles. The summed E-state index contributed by atoms with van der Waals surface area (Å²) in [4.78, 5) is 13.1. The van der Waals surface area contributed by atoms with Gasteiger partial charge in [-0.3, -0.25) is 4.79 Å². The lowest BCUT2D eigenvalue weighted by Crippen LogP contribution is -2.41. The second-order valence-electron chi connectivity index (χ2n) is 5.30. The number of rotatable bonds is 2. The van der Waals surface area contributed by atoms with Gasteiger partial charge in [0.2, 0.25) is 0 Å². The third-order valence-electron chi connectivity index (χ3n) is 3.98. The Kier molecular flexibility index (Phi) is 3.92. The maximum atomic E-state index is 13.1. The summed E-state index contributed by atoms with van der Waals surface area (Å²) in [5.74, 6) is -0.557. The molecule has 3 rings (SSSR count). The van der Waals surface area contributed by atoms with Crippen LogP contribution in [0.15, 0.2) is 0 Å². The number of nitrogens with zero attached hydrogens (tertiary/aromatic N) is 2. The van der Waals surface area contributed by atoms with Crippen LogP contribution in [0.5, 0.6) is 0 Å². The first-order chi connectivity index (χ1) is 9.98. The summed E-state index contributed by atoms with van der Waals surface area (Å²) < 4.78 is 48.6. The Morgan fingerprint density at radius 3 is 2.48 bits per heavy atom. The van der Waals surface area contributed by atoms with Crippen molar-refractivity contribution in [2.24, 2.45) is 0 Å². The Morgan fingerprint density at radius 1 is 1.29 bits per heavy atom. The maximum Gasteiger partial charge on any atom is 0.427 e. The Morgan fingerprint density at radius 2 is 1.95 bits per heavy atom. The third-order valence-corrected chi connectivity index (χ3v) is 4.89. The molecule has 21 heavy (non-hydrogen) atoms. The zero-order chi connectivity index (χ0) is 15.0. The molecule has 2 aliphatic rings. The van der Waals surface area contributed by atoms with Gasteiger partial charge in [-0.1, -0.05) is 6.42 Å². The lowest BCUT2D eigenvalue weighted by atomic mass is 9.81. The molecule has 0 aromatic carbocycles. The number of carbonyl (C=O) groups excluding carboxylic acids is 1. The van der Waals surface area contributed by atoms with Crippen LogP contribution in [0.3, 0.4) is 0 Å². The highest BCUT2D eigenvalue weighted by atomic mass is 32.1. The normalized spacial score (nSPS) is 20.4. The van der Waals surface area contributed by atoms with Crippen LogP contribution in [0, 0.1) is 0 Å². The van der Waals surface area contributed by atoms with Crippen molar-refractivity contribution in [1.82, 2.24) is 9.27 Å². The molecule has 0 bridgehead atoms. The second kappa shape index (κ2) is 5.57. The quantitative estimate of drug-likeness (QED) is 0.841. The van der Waals surface area contributed by atoms with Crippen molar-refractivity contribution in [2.45, 2.75) is 31.4 Å². The van der Waals surface area contributed by atoms with Gasteiger partial charge in [0.25, 0.3) is 5.91 Å². The van der Waals surface area contributed by atoms with Gasteiger partial charge in [-0.15, -0.1) is 0 Å². The van der Waals surface area contributed by atoms with E-state index < -0.39 is 17.0 Å². The molecule has 0 radical (unpaired) electrons. The van der Waals surface area contributed by atoms with Gasteiger partial charge in [0.1, 0.15) is 4.88 Å². The summed E-state index contributed by atoms with van der Waals surface area (Å²) in [7, 11) is 0. The van der Waals surface area contributed by atoms with Crippen molar-refractivity contribution in [1.29, 1.82) is 0 Å². The average Bonchev–Trinajstić information content (AvgIpc) is 2.81. The molecule has 2 fully saturated rings. The van der Waals surface area contributed by atoms with E-state index in [0.717, 1.165) is 19.3 Å². The molecule has 0 spiro atoms. The van der Waals surface area contributed by atoms with Crippen molar-refractivity contribution in [2.75, 3.05) is 26.3 Å². The minimum absolute atomic E-state index is 0.00246. The van der Waals surface area contributed by atoms with Crippen molar-refractivity contribution in [3.8, 4) is 0 Å². The summed E-state index contributed by atoms with van der Waals surface area (Å²) in [6.07, 6.45) is -1.93. The molecule has 1 aromatic rings. The van der Waals surface area contributed by atoms with Crippen LogP contribution in [-0.4, -0.2) is 41.5 Å². The molecule has 0 atom stereocenters. The van der Waals surface area contributed by atoms with Crippen LogP contribution in [0.4, 0.5) is 13.2 Å². The molecule has 8 heteroatoms. The van der Waals surface area contributed by atoms with E-state index in [1.807, 2.05) is 0 Å². The molecule has 2 heterocycles. The number of alkyl halides is 3. The first kappa shape index (κ1) is 14.8. The van der Waals surface area contributed by atoms with E-state index in [1.54, 1.807) is 0 Å². The highest BCUT2D eigenvalue weighted by Gasteiger charge is 2.43. The third kappa shape index (κ3) is 2.78. The molecule has 0 N–H and O–H groups in total. The van der Waals surface area contributed by atoms with Gasteiger partial charge in [0.05, 0.1) is 24.5 Å². The minimum atomic E-state index is -4.53. The van der Waals surface area contributed by atoms with Crippen LogP contribution < -0.4 is 0 Å². The first-order valence-corrected chi connectivity index (χ1v) is 7.69. The molecule has 1 aliphatic carbocycles. The van der Waals surface area contributed by atoms with E-state index >= 15 is 0 Å². The Hall–Kier alpha value is -1.15. The standard InChI is InChI=1S/C13H15F3N2O2S/c14-13(15,16)11-9(10(17-21-11)8-2-1-3-8)12(19)18-4-6-20-7-5-18/h8H,1-7H2. The second-order valence-corrected chi connectivity index (χ2v) is 6.08. The van der Waals surface area contributed by atoms with E-state index in [-0.39, 0.29) is 11.5 Å². The van der Waals surface area contributed by atoms with Crippen LogP contribution >= 0.6 is 11.5 Å². The minimum Gasteiger partial charge on any atom is -0.378 e. The van der Waals surface area contributed by atoms with E-state index in [0.29, 0.717) is 43.5 Å². The summed E-state index contributed by atoms with van der Waals surface area (Å²) in [5, 5.41) is 0. The van der Waals surface area contributed by atoms with Gasteiger partial charge in [0, 0.05) is 19.0 Å². The molecule has 0 unspecified atom stereocenters. The number of ether oxygens (including phenoxy) is 1. The summed E-state index contributed by atoms with van der Waals surface area (Å²) in [5.41, 5.74) is 0.120. The maximum absolute atomic E-state index is 13.1. The number of amides is 1. The number of hydrogen-bond acceptors (Lipinski definition) is 4. The fraction of sp³-hybridized carbons (Fsp3) is 0.692. The van der Waals surface area contributed by atoms with E-state index in [2.05, 4.69) is 4.37 Å². The summed E-state index contributed by atoms with van der Waals surface area (Å²) in [6, 6.07) is 0.